The van der Waals surface area contributed by atoms with Gasteiger partial charge in [0.05, 0.1) is 22.3 Å². The van der Waals surface area contributed by atoms with E-state index in [1.54, 1.807) is 20.0 Å². The SMILES string of the molecule is Cc1cc(S(C)(=O)=O)ccc1-c1nncc2cc(Nc3ccc(F)cc3F)c(=O)n(C)c12. The molecule has 0 spiro atoms. The molecule has 10 heteroatoms. The number of sulfone groups is 1. The first-order chi connectivity index (χ1) is 15.1. The number of benzene rings is 2. The summed E-state index contributed by atoms with van der Waals surface area (Å²) >= 11 is 0. The number of hydrogen-bond acceptors (Lipinski definition) is 6. The minimum atomic E-state index is -3.38. The number of pyridine rings is 1. The van der Waals surface area contributed by atoms with Crippen molar-refractivity contribution in [1.82, 2.24) is 14.8 Å². The van der Waals surface area contributed by atoms with Crippen molar-refractivity contribution in [2.75, 3.05) is 11.6 Å². The van der Waals surface area contributed by atoms with Gasteiger partial charge in [0.2, 0.25) is 0 Å². The van der Waals surface area contributed by atoms with Crippen molar-refractivity contribution in [3.05, 3.63) is 76.2 Å². The maximum absolute atomic E-state index is 14.1. The summed E-state index contributed by atoms with van der Waals surface area (Å²) in [4.78, 5) is 13.2. The Labute approximate surface area is 182 Å². The molecular weight excluding hydrogens is 438 g/mol. The Morgan fingerprint density at radius 2 is 1.78 bits per heavy atom. The summed E-state index contributed by atoms with van der Waals surface area (Å²) in [5.74, 6) is -1.56. The monoisotopic (exact) mass is 456 g/mol. The minimum Gasteiger partial charge on any atom is -0.349 e. The molecule has 0 fully saturated rings. The van der Waals surface area contributed by atoms with Crippen LogP contribution in [-0.2, 0) is 16.9 Å². The van der Waals surface area contributed by atoms with Gasteiger partial charge in [-0.3, -0.25) is 4.79 Å². The van der Waals surface area contributed by atoms with E-state index in [9.17, 15) is 22.0 Å². The molecule has 7 nitrogen and oxygen atoms in total. The van der Waals surface area contributed by atoms with Gasteiger partial charge in [-0.15, -0.1) is 5.10 Å². The fourth-order valence-corrected chi connectivity index (χ4v) is 4.20. The fraction of sp³-hybridized carbons (Fsp3) is 0.136. The first kappa shape index (κ1) is 21.6. The topological polar surface area (TPSA) is 94.0 Å². The normalized spacial score (nSPS) is 11.7. The average molecular weight is 456 g/mol. The second kappa shape index (κ2) is 7.79. The molecule has 0 saturated carbocycles. The molecule has 0 saturated heterocycles. The Morgan fingerprint density at radius 3 is 2.44 bits per heavy atom. The molecule has 0 aliphatic carbocycles. The van der Waals surface area contributed by atoms with Crippen LogP contribution in [0.25, 0.3) is 22.2 Å². The number of hydrogen-bond donors (Lipinski definition) is 1. The summed E-state index contributed by atoms with van der Waals surface area (Å²) in [6, 6.07) is 9.17. The van der Waals surface area contributed by atoms with Crippen LogP contribution in [0.5, 0.6) is 0 Å². The molecule has 0 aliphatic rings. The number of aryl methyl sites for hydroxylation is 2. The lowest BCUT2D eigenvalue weighted by Gasteiger charge is -2.14. The molecule has 0 unspecified atom stereocenters. The van der Waals surface area contributed by atoms with E-state index in [4.69, 9.17) is 0 Å². The van der Waals surface area contributed by atoms with Gasteiger partial charge in [0, 0.05) is 30.3 Å². The molecule has 0 atom stereocenters. The molecule has 164 valence electrons. The van der Waals surface area contributed by atoms with Crippen molar-refractivity contribution < 1.29 is 17.2 Å². The Kier molecular flexibility index (Phi) is 5.25. The van der Waals surface area contributed by atoms with Gasteiger partial charge in [0.1, 0.15) is 23.0 Å². The van der Waals surface area contributed by atoms with E-state index in [2.05, 4.69) is 15.5 Å². The molecule has 2 aromatic carbocycles. The summed E-state index contributed by atoms with van der Waals surface area (Å²) in [5, 5.41) is 11.5. The summed E-state index contributed by atoms with van der Waals surface area (Å²) in [6.07, 6.45) is 2.59. The number of rotatable bonds is 4. The van der Waals surface area contributed by atoms with Gasteiger partial charge in [-0.05, 0) is 42.8 Å². The fourth-order valence-electron chi connectivity index (χ4n) is 3.49. The van der Waals surface area contributed by atoms with E-state index in [1.807, 2.05) is 0 Å². The van der Waals surface area contributed by atoms with E-state index < -0.39 is 27.0 Å². The van der Waals surface area contributed by atoms with Crippen LogP contribution in [0.3, 0.4) is 0 Å². The second-order valence-electron chi connectivity index (χ2n) is 7.42. The van der Waals surface area contributed by atoms with E-state index >= 15 is 0 Å². The lowest BCUT2D eigenvalue weighted by atomic mass is 10.0. The predicted molar refractivity (Wildman–Crippen MR) is 118 cm³/mol. The lowest BCUT2D eigenvalue weighted by molar-refractivity contribution is 0.586. The van der Waals surface area contributed by atoms with Gasteiger partial charge >= 0.3 is 0 Å². The van der Waals surface area contributed by atoms with Crippen LogP contribution in [0.2, 0.25) is 0 Å². The standard InChI is InChI=1S/C22H18F2N4O3S/c1-12-8-15(32(3,30)31)5-6-16(12)20-21-13(11-25-27-20)9-19(22(29)28(21)2)26-18-7-4-14(23)10-17(18)24/h4-11,26H,1-3H3. The highest BCUT2D eigenvalue weighted by Gasteiger charge is 2.17. The van der Waals surface area contributed by atoms with Crippen LogP contribution < -0.4 is 10.9 Å². The summed E-state index contributed by atoms with van der Waals surface area (Å²) in [7, 11) is -1.83. The summed E-state index contributed by atoms with van der Waals surface area (Å²) in [5.41, 5.74) is 1.73. The zero-order valence-electron chi connectivity index (χ0n) is 17.3. The van der Waals surface area contributed by atoms with Crippen LogP contribution in [0.1, 0.15) is 5.56 Å². The molecular formula is C22H18F2N4O3S. The van der Waals surface area contributed by atoms with Gasteiger partial charge in [0.15, 0.2) is 9.84 Å². The van der Waals surface area contributed by atoms with E-state index in [0.29, 0.717) is 27.7 Å². The van der Waals surface area contributed by atoms with Crippen LogP contribution in [0.15, 0.2) is 58.4 Å². The first-order valence-corrected chi connectivity index (χ1v) is 11.3. The van der Waals surface area contributed by atoms with Crippen molar-refractivity contribution >= 4 is 32.1 Å². The molecule has 32 heavy (non-hydrogen) atoms. The molecule has 4 rings (SSSR count). The van der Waals surface area contributed by atoms with E-state index in [0.717, 1.165) is 18.4 Å². The van der Waals surface area contributed by atoms with Crippen molar-refractivity contribution in [3.63, 3.8) is 0 Å². The van der Waals surface area contributed by atoms with Crippen molar-refractivity contribution in [2.24, 2.45) is 7.05 Å². The molecule has 2 heterocycles. The molecule has 1 N–H and O–H groups in total. The van der Waals surface area contributed by atoms with Gasteiger partial charge in [-0.25, -0.2) is 17.2 Å². The maximum Gasteiger partial charge on any atom is 0.274 e. The Balaban J connectivity index is 1.88. The Hall–Kier alpha value is -3.66. The van der Waals surface area contributed by atoms with E-state index in [1.165, 1.54) is 35.0 Å². The molecule has 0 bridgehead atoms. The number of nitrogens with zero attached hydrogens (tertiary/aromatic N) is 3. The summed E-state index contributed by atoms with van der Waals surface area (Å²) in [6.45, 7) is 1.75. The number of fused-ring (bicyclic) bond motifs is 1. The zero-order chi connectivity index (χ0) is 23.2. The second-order valence-corrected chi connectivity index (χ2v) is 9.43. The van der Waals surface area contributed by atoms with Crippen LogP contribution in [-0.4, -0.2) is 29.4 Å². The van der Waals surface area contributed by atoms with Crippen molar-refractivity contribution in [1.29, 1.82) is 0 Å². The zero-order valence-corrected chi connectivity index (χ0v) is 18.2. The van der Waals surface area contributed by atoms with Crippen LogP contribution >= 0.6 is 0 Å². The van der Waals surface area contributed by atoms with Gasteiger partial charge in [0.25, 0.3) is 5.56 Å². The molecule has 0 aliphatic heterocycles. The van der Waals surface area contributed by atoms with Gasteiger partial charge in [-0.1, -0.05) is 6.07 Å². The maximum atomic E-state index is 14.1. The smallest absolute Gasteiger partial charge is 0.274 e. The van der Waals surface area contributed by atoms with Crippen LogP contribution in [0.4, 0.5) is 20.2 Å². The Bertz CT molecular complexity index is 1550. The van der Waals surface area contributed by atoms with Crippen LogP contribution in [0, 0.1) is 18.6 Å². The molecule has 0 radical (unpaired) electrons. The van der Waals surface area contributed by atoms with Crippen molar-refractivity contribution in [3.8, 4) is 11.3 Å². The highest BCUT2D eigenvalue weighted by Crippen LogP contribution is 2.30. The van der Waals surface area contributed by atoms with Gasteiger partial charge in [-0.2, -0.15) is 5.10 Å². The number of halogens is 2. The largest absolute Gasteiger partial charge is 0.349 e. The lowest BCUT2D eigenvalue weighted by Crippen LogP contribution is -2.21. The average Bonchev–Trinajstić information content (AvgIpc) is 2.72. The summed E-state index contributed by atoms with van der Waals surface area (Å²) < 4.78 is 52.3. The van der Waals surface area contributed by atoms with E-state index in [-0.39, 0.29) is 16.3 Å². The number of aromatic nitrogens is 3. The first-order valence-electron chi connectivity index (χ1n) is 9.45. The minimum absolute atomic E-state index is 0.0442. The number of anilines is 2. The third-order valence-corrected chi connectivity index (χ3v) is 6.21. The third kappa shape index (κ3) is 3.84. The Morgan fingerprint density at radius 1 is 1.03 bits per heavy atom. The third-order valence-electron chi connectivity index (χ3n) is 5.10. The molecule has 2 aromatic heterocycles. The molecule has 4 aromatic rings. The van der Waals surface area contributed by atoms with Crippen molar-refractivity contribution in [2.45, 2.75) is 11.8 Å². The number of nitrogens with one attached hydrogen (secondary N) is 1. The predicted octanol–water partition coefficient (Wildman–Crippen LogP) is 3.73. The van der Waals surface area contributed by atoms with Gasteiger partial charge < -0.3 is 9.88 Å². The highest BCUT2D eigenvalue weighted by molar-refractivity contribution is 7.90. The highest BCUT2D eigenvalue weighted by atomic mass is 32.2. The quantitative estimate of drug-likeness (QED) is 0.503. The molecule has 0 amide bonds.